The van der Waals surface area contributed by atoms with E-state index in [0.29, 0.717) is 13.2 Å². The van der Waals surface area contributed by atoms with Crippen molar-refractivity contribution >= 4 is 40.8 Å². The monoisotopic (exact) mass is 486 g/mol. The zero-order valence-corrected chi connectivity index (χ0v) is 18.3. The van der Waals surface area contributed by atoms with Crippen molar-refractivity contribution in [1.82, 2.24) is 15.6 Å². The van der Waals surface area contributed by atoms with Gasteiger partial charge in [-0.15, -0.1) is 24.0 Å². The highest BCUT2D eigenvalue weighted by molar-refractivity contribution is 14.0. The molecule has 6 nitrogen and oxygen atoms in total. The van der Waals surface area contributed by atoms with Gasteiger partial charge in [-0.3, -0.25) is 4.99 Å². The molecule has 1 aliphatic heterocycles. The number of guanidine groups is 1. The molecule has 1 aliphatic rings. The normalized spacial score (nSPS) is 19.9. The smallest absolute Gasteiger partial charge is 0.191 e. The zero-order valence-electron chi connectivity index (χ0n) is 16.0. The van der Waals surface area contributed by atoms with E-state index in [-0.39, 0.29) is 36.0 Å². The number of aliphatic hydroxyl groups excluding tert-OH is 1. The van der Waals surface area contributed by atoms with E-state index < -0.39 is 0 Å². The fraction of sp³-hybridized carbons (Fsp3) is 0.550. The Hall–Kier alpha value is -1.32. The maximum absolute atomic E-state index is 9.35. The summed E-state index contributed by atoms with van der Waals surface area (Å²) in [7, 11) is 0. The molecule has 0 saturated carbocycles. The fourth-order valence-corrected chi connectivity index (χ4v) is 3.46. The van der Waals surface area contributed by atoms with Gasteiger partial charge in [0.05, 0.1) is 13.2 Å². The number of H-pyrrole nitrogens is 1. The summed E-state index contributed by atoms with van der Waals surface area (Å²) in [5.41, 5.74) is 2.37. The molecule has 0 bridgehead atoms. The second kappa shape index (κ2) is 10.9. The lowest BCUT2D eigenvalue weighted by Crippen LogP contribution is -2.39. The highest BCUT2D eigenvalue weighted by atomic mass is 127. The minimum absolute atomic E-state index is 0. The zero-order chi connectivity index (χ0) is 18.2. The number of nitrogens with one attached hydrogen (secondary N) is 3. The summed E-state index contributed by atoms with van der Waals surface area (Å²) < 4.78 is 5.55. The highest BCUT2D eigenvalue weighted by Gasteiger charge is 2.34. The van der Waals surface area contributed by atoms with Gasteiger partial charge in [-0.2, -0.15) is 0 Å². The Balaban J connectivity index is 0.00000261. The number of para-hydroxylation sites is 1. The lowest BCUT2D eigenvalue weighted by Gasteiger charge is -2.24. The predicted octanol–water partition coefficient (Wildman–Crippen LogP) is 2.67. The number of aliphatic hydroxyl groups is 1. The molecule has 1 atom stereocenters. The molecule has 7 heteroatoms. The lowest BCUT2D eigenvalue weighted by atomic mass is 9.84. The molecule has 0 spiro atoms. The Bertz CT molecular complexity index is 693. The van der Waals surface area contributed by atoms with Crippen LogP contribution in [0.5, 0.6) is 0 Å². The van der Waals surface area contributed by atoms with Crippen LogP contribution >= 0.6 is 24.0 Å². The first-order chi connectivity index (χ1) is 12.7. The van der Waals surface area contributed by atoms with Crippen molar-refractivity contribution in [1.29, 1.82) is 0 Å². The number of ether oxygens (including phenoxy) is 1. The van der Waals surface area contributed by atoms with Gasteiger partial charge < -0.3 is 25.5 Å². The standard InChI is InChI=1S/C20H30N4O2.HI/c1-2-21-19(23-14-20(8-11-25)9-12-26-15-20)22-10-7-17-13-16-5-3-4-6-18(16)24-17;/h3-6,13,24-25H,2,7-12,14-15H2,1H3,(H2,21,22,23);1H. The van der Waals surface area contributed by atoms with E-state index in [0.717, 1.165) is 44.9 Å². The molecule has 4 N–H and O–H groups in total. The third-order valence-electron chi connectivity index (χ3n) is 5.02. The van der Waals surface area contributed by atoms with Crippen LogP contribution in [-0.2, 0) is 11.2 Å². The Kier molecular flexibility index (Phi) is 8.85. The van der Waals surface area contributed by atoms with Gasteiger partial charge in [-0.25, -0.2) is 0 Å². The third kappa shape index (κ3) is 6.08. The minimum Gasteiger partial charge on any atom is -0.396 e. The summed E-state index contributed by atoms with van der Waals surface area (Å²) in [5.74, 6) is 0.827. The number of aromatic amines is 1. The number of benzene rings is 1. The summed E-state index contributed by atoms with van der Waals surface area (Å²) in [4.78, 5) is 8.21. The number of hydrogen-bond donors (Lipinski definition) is 4. The second-order valence-electron chi connectivity index (χ2n) is 7.03. The maximum atomic E-state index is 9.35. The van der Waals surface area contributed by atoms with Crippen LogP contribution in [0.4, 0.5) is 0 Å². The van der Waals surface area contributed by atoms with Crippen LogP contribution < -0.4 is 10.6 Å². The first kappa shape index (κ1) is 22.0. The average molecular weight is 486 g/mol. The molecule has 2 heterocycles. The van der Waals surface area contributed by atoms with Crippen LogP contribution in [0.15, 0.2) is 35.3 Å². The van der Waals surface area contributed by atoms with E-state index in [9.17, 15) is 5.11 Å². The van der Waals surface area contributed by atoms with Crippen LogP contribution in [0, 0.1) is 5.41 Å². The summed E-state index contributed by atoms with van der Waals surface area (Å²) in [6.07, 6.45) is 2.61. The number of rotatable bonds is 8. The van der Waals surface area contributed by atoms with Crippen molar-refractivity contribution < 1.29 is 9.84 Å². The maximum Gasteiger partial charge on any atom is 0.191 e. The van der Waals surface area contributed by atoms with Gasteiger partial charge in [0, 0.05) is 49.3 Å². The molecule has 1 aromatic carbocycles. The predicted molar refractivity (Wildman–Crippen MR) is 121 cm³/mol. The molecule has 0 aliphatic carbocycles. The van der Waals surface area contributed by atoms with Crippen LogP contribution in [0.2, 0.25) is 0 Å². The number of halogens is 1. The van der Waals surface area contributed by atoms with Crippen LogP contribution in [0.1, 0.15) is 25.5 Å². The quantitative estimate of drug-likeness (QED) is 0.263. The number of fused-ring (bicyclic) bond motifs is 1. The van der Waals surface area contributed by atoms with Gasteiger partial charge in [0.15, 0.2) is 5.96 Å². The van der Waals surface area contributed by atoms with Crippen LogP contribution in [-0.4, -0.2) is 55.5 Å². The summed E-state index contributed by atoms with van der Waals surface area (Å²) in [6.45, 7) is 6.00. The number of hydrogen-bond acceptors (Lipinski definition) is 3. The summed E-state index contributed by atoms with van der Waals surface area (Å²) in [6, 6.07) is 10.5. The number of nitrogens with zero attached hydrogens (tertiary/aromatic N) is 1. The second-order valence-corrected chi connectivity index (χ2v) is 7.03. The lowest BCUT2D eigenvalue weighted by molar-refractivity contribution is 0.131. The third-order valence-corrected chi connectivity index (χ3v) is 5.02. The minimum atomic E-state index is -0.0196. The molecule has 2 aromatic rings. The first-order valence-corrected chi connectivity index (χ1v) is 9.52. The number of aromatic nitrogens is 1. The Labute approximate surface area is 178 Å². The average Bonchev–Trinajstić information content (AvgIpc) is 3.27. The van der Waals surface area contributed by atoms with Crippen molar-refractivity contribution in [3.63, 3.8) is 0 Å². The van der Waals surface area contributed by atoms with E-state index >= 15 is 0 Å². The van der Waals surface area contributed by atoms with Gasteiger partial charge in [-0.1, -0.05) is 18.2 Å². The summed E-state index contributed by atoms with van der Waals surface area (Å²) in [5, 5.41) is 17.3. The molecule has 0 amide bonds. The largest absolute Gasteiger partial charge is 0.396 e. The van der Waals surface area contributed by atoms with Gasteiger partial charge in [0.25, 0.3) is 0 Å². The van der Waals surface area contributed by atoms with Crippen molar-refractivity contribution in [3.8, 4) is 0 Å². The number of aliphatic imine (C=N–C) groups is 1. The first-order valence-electron chi connectivity index (χ1n) is 9.52. The Morgan fingerprint density at radius 1 is 1.33 bits per heavy atom. The highest BCUT2D eigenvalue weighted by Crippen LogP contribution is 2.32. The van der Waals surface area contributed by atoms with E-state index in [4.69, 9.17) is 9.73 Å². The van der Waals surface area contributed by atoms with E-state index in [2.05, 4.69) is 46.8 Å². The van der Waals surface area contributed by atoms with E-state index in [1.807, 2.05) is 6.07 Å². The van der Waals surface area contributed by atoms with Crippen LogP contribution in [0.25, 0.3) is 10.9 Å². The fourth-order valence-electron chi connectivity index (χ4n) is 3.46. The van der Waals surface area contributed by atoms with Crippen molar-refractivity contribution in [3.05, 3.63) is 36.0 Å². The molecule has 0 radical (unpaired) electrons. The molecule has 1 aromatic heterocycles. The molecule has 27 heavy (non-hydrogen) atoms. The van der Waals surface area contributed by atoms with Gasteiger partial charge in [0.2, 0.25) is 0 Å². The van der Waals surface area contributed by atoms with Crippen molar-refractivity contribution in [2.24, 2.45) is 10.4 Å². The topological polar surface area (TPSA) is 81.7 Å². The molecular weight excluding hydrogens is 455 g/mol. The van der Waals surface area contributed by atoms with Crippen molar-refractivity contribution in [2.45, 2.75) is 26.2 Å². The van der Waals surface area contributed by atoms with E-state index in [1.165, 1.54) is 16.6 Å². The molecule has 1 fully saturated rings. The van der Waals surface area contributed by atoms with Gasteiger partial charge >= 0.3 is 0 Å². The van der Waals surface area contributed by atoms with Crippen LogP contribution in [0.3, 0.4) is 0 Å². The van der Waals surface area contributed by atoms with Gasteiger partial charge in [0.1, 0.15) is 0 Å². The SMILES string of the molecule is CCNC(=NCC1(CCO)CCOC1)NCCc1cc2ccccc2[nH]1.I. The molecule has 150 valence electrons. The van der Waals surface area contributed by atoms with Crippen molar-refractivity contribution in [2.75, 3.05) is 39.5 Å². The molecular formula is C20H31IN4O2. The Morgan fingerprint density at radius 2 is 2.19 bits per heavy atom. The summed E-state index contributed by atoms with van der Waals surface area (Å²) >= 11 is 0. The Morgan fingerprint density at radius 3 is 2.89 bits per heavy atom. The van der Waals surface area contributed by atoms with E-state index in [1.54, 1.807) is 0 Å². The molecule has 1 unspecified atom stereocenters. The molecule has 1 saturated heterocycles. The van der Waals surface area contributed by atoms with Gasteiger partial charge in [-0.05, 0) is 37.3 Å². The molecule has 3 rings (SSSR count).